The van der Waals surface area contributed by atoms with Crippen LogP contribution in [0.25, 0.3) is 17.2 Å². The topological polar surface area (TPSA) is 43.6 Å². The van der Waals surface area contributed by atoms with Crippen LogP contribution in [0.3, 0.4) is 0 Å². The van der Waals surface area contributed by atoms with E-state index in [1.54, 1.807) is 23.0 Å². The van der Waals surface area contributed by atoms with Gasteiger partial charge in [-0.2, -0.15) is 9.78 Å². The van der Waals surface area contributed by atoms with Gasteiger partial charge in [-0.25, -0.2) is 14.4 Å². The zero-order valence-electron chi connectivity index (χ0n) is 9.66. The molecule has 0 saturated carbocycles. The quantitative estimate of drug-likeness (QED) is 0.728. The minimum atomic E-state index is -0.281. The van der Waals surface area contributed by atoms with E-state index in [0.717, 1.165) is 10.0 Å². The summed E-state index contributed by atoms with van der Waals surface area (Å²) in [6.45, 7) is 0. The fraction of sp³-hybridized carbons (Fsp3) is 0. The molecule has 0 N–H and O–H groups in total. The molecule has 0 atom stereocenters. The second-order valence-corrected chi connectivity index (χ2v) is 4.75. The summed E-state index contributed by atoms with van der Waals surface area (Å²) in [4.78, 5) is 8.46. The fourth-order valence-electron chi connectivity index (χ4n) is 1.70. The molecule has 3 rings (SSSR count). The highest BCUT2D eigenvalue weighted by atomic mass is 79.9. The summed E-state index contributed by atoms with van der Waals surface area (Å²) in [5, 5.41) is 4.15. The van der Waals surface area contributed by atoms with Crippen LogP contribution < -0.4 is 0 Å². The van der Waals surface area contributed by atoms with Gasteiger partial charge in [0.1, 0.15) is 12.1 Å². The van der Waals surface area contributed by atoms with Crippen LogP contribution in [0.4, 0.5) is 4.39 Å². The summed E-state index contributed by atoms with van der Waals surface area (Å²) in [7, 11) is 0. The molecule has 0 aliphatic heterocycles. The lowest BCUT2D eigenvalue weighted by Gasteiger charge is -2.05. The van der Waals surface area contributed by atoms with Crippen molar-refractivity contribution in [3.8, 4) is 17.2 Å². The number of hydrogen-bond donors (Lipinski definition) is 0. The maximum absolute atomic E-state index is 12.9. The minimum absolute atomic E-state index is 0.281. The molecule has 1 aromatic carbocycles. The number of hydrogen-bond acceptors (Lipinski definition) is 3. The van der Waals surface area contributed by atoms with E-state index in [9.17, 15) is 4.39 Å². The normalized spacial score (nSPS) is 10.6. The van der Waals surface area contributed by atoms with Gasteiger partial charge < -0.3 is 0 Å². The van der Waals surface area contributed by atoms with E-state index in [0.29, 0.717) is 11.6 Å². The molecular weight excluding hydrogens is 311 g/mol. The predicted octanol–water partition coefficient (Wildman–Crippen LogP) is 3.23. The molecule has 0 radical (unpaired) electrons. The molecule has 0 aliphatic carbocycles. The molecule has 19 heavy (non-hydrogen) atoms. The molecule has 2 heterocycles. The van der Waals surface area contributed by atoms with Crippen molar-refractivity contribution in [2.75, 3.05) is 0 Å². The van der Waals surface area contributed by atoms with Gasteiger partial charge in [-0.3, -0.25) is 0 Å². The van der Waals surface area contributed by atoms with Gasteiger partial charge in [-0.05, 0) is 52.3 Å². The molecule has 0 amide bonds. The Balaban J connectivity index is 2.07. The van der Waals surface area contributed by atoms with Crippen LogP contribution >= 0.6 is 15.9 Å². The number of rotatable bonds is 2. The summed E-state index contributed by atoms with van der Waals surface area (Å²) >= 11 is 3.33. The van der Waals surface area contributed by atoms with Crippen LogP contribution in [0.1, 0.15) is 0 Å². The first-order valence-electron chi connectivity index (χ1n) is 5.52. The molecule has 0 fully saturated rings. The predicted molar refractivity (Wildman–Crippen MR) is 72.2 cm³/mol. The highest BCUT2D eigenvalue weighted by Crippen LogP contribution is 2.20. The van der Waals surface area contributed by atoms with Gasteiger partial charge in [0.05, 0.1) is 0 Å². The molecule has 0 aliphatic rings. The Kier molecular flexibility index (Phi) is 3.08. The maximum Gasteiger partial charge on any atom is 0.164 e. The van der Waals surface area contributed by atoms with Crippen molar-refractivity contribution < 1.29 is 4.39 Å². The zero-order valence-corrected chi connectivity index (χ0v) is 11.2. The Morgan fingerprint density at radius 1 is 1.00 bits per heavy atom. The summed E-state index contributed by atoms with van der Waals surface area (Å²) in [5.41, 5.74) is 0.781. The largest absolute Gasteiger partial charge is 0.236 e. The summed E-state index contributed by atoms with van der Waals surface area (Å²) in [6.07, 6.45) is 3.13. The number of halogens is 2. The Morgan fingerprint density at radius 2 is 1.79 bits per heavy atom. The highest BCUT2D eigenvalue weighted by Gasteiger charge is 2.10. The minimum Gasteiger partial charge on any atom is -0.236 e. The van der Waals surface area contributed by atoms with Crippen LogP contribution in [0.5, 0.6) is 0 Å². The molecule has 2 aromatic heterocycles. The van der Waals surface area contributed by atoms with E-state index < -0.39 is 0 Å². The van der Waals surface area contributed by atoms with Gasteiger partial charge in [0.15, 0.2) is 11.6 Å². The van der Waals surface area contributed by atoms with Crippen LogP contribution in [-0.4, -0.2) is 19.7 Å². The van der Waals surface area contributed by atoms with E-state index >= 15 is 0 Å². The molecule has 0 saturated heterocycles. The zero-order chi connectivity index (χ0) is 13.2. The van der Waals surface area contributed by atoms with Crippen LogP contribution in [0.2, 0.25) is 0 Å². The Morgan fingerprint density at radius 3 is 2.47 bits per heavy atom. The Labute approximate surface area is 117 Å². The maximum atomic E-state index is 12.9. The van der Waals surface area contributed by atoms with Crippen LogP contribution in [0.15, 0.2) is 53.4 Å². The standard InChI is InChI=1S/C13H8BrFN4/c14-10-3-6-12(16-7-10)19-13(17-8-18-19)9-1-4-11(15)5-2-9/h1-8H. The van der Waals surface area contributed by atoms with Crippen molar-refractivity contribution in [1.82, 2.24) is 19.7 Å². The summed E-state index contributed by atoms with van der Waals surface area (Å²) in [5.74, 6) is 0.992. The van der Waals surface area contributed by atoms with E-state index in [-0.39, 0.29) is 5.82 Å². The molecular formula is C13H8BrFN4. The van der Waals surface area contributed by atoms with E-state index in [2.05, 4.69) is 31.0 Å². The van der Waals surface area contributed by atoms with Crippen molar-refractivity contribution in [2.45, 2.75) is 0 Å². The van der Waals surface area contributed by atoms with Crippen molar-refractivity contribution in [2.24, 2.45) is 0 Å². The Bertz CT molecular complexity index is 631. The third kappa shape index (κ3) is 2.39. The highest BCUT2D eigenvalue weighted by molar-refractivity contribution is 9.10. The van der Waals surface area contributed by atoms with Crippen molar-refractivity contribution in [1.29, 1.82) is 0 Å². The third-order valence-electron chi connectivity index (χ3n) is 2.58. The van der Waals surface area contributed by atoms with Crippen molar-refractivity contribution in [3.05, 3.63) is 59.2 Å². The second-order valence-electron chi connectivity index (χ2n) is 3.84. The molecule has 3 aromatic rings. The first-order valence-corrected chi connectivity index (χ1v) is 6.31. The number of benzene rings is 1. The molecule has 0 spiro atoms. The molecule has 0 unspecified atom stereocenters. The average Bonchev–Trinajstić information content (AvgIpc) is 2.90. The van der Waals surface area contributed by atoms with Crippen LogP contribution in [-0.2, 0) is 0 Å². The van der Waals surface area contributed by atoms with E-state index in [4.69, 9.17) is 0 Å². The summed E-state index contributed by atoms with van der Waals surface area (Å²) < 4.78 is 15.4. The lowest BCUT2D eigenvalue weighted by molar-refractivity contribution is 0.628. The Hall–Kier alpha value is -2.08. The smallest absolute Gasteiger partial charge is 0.164 e. The number of pyridine rings is 1. The molecule has 4 nitrogen and oxygen atoms in total. The SMILES string of the molecule is Fc1ccc(-c2ncnn2-c2ccc(Br)cn2)cc1. The number of aromatic nitrogens is 4. The second kappa shape index (κ2) is 4.89. The summed E-state index contributed by atoms with van der Waals surface area (Å²) in [6, 6.07) is 9.81. The first-order chi connectivity index (χ1) is 9.24. The van der Waals surface area contributed by atoms with Gasteiger partial charge in [-0.15, -0.1) is 0 Å². The van der Waals surface area contributed by atoms with Gasteiger partial charge >= 0.3 is 0 Å². The van der Waals surface area contributed by atoms with Crippen molar-refractivity contribution >= 4 is 15.9 Å². The third-order valence-corrected chi connectivity index (χ3v) is 3.05. The number of nitrogens with zero attached hydrogens (tertiary/aromatic N) is 4. The van der Waals surface area contributed by atoms with Gasteiger partial charge in [0.2, 0.25) is 0 Å². The van der Waals surface area contributed by atoms with Gasteiger partial charge in [0, 0.05) is 16.2 Å². The lowest BCUT2D eigenvalue weighted by Crippen LogP contribution is -2.01. The van der Waals surface area contributed by atoms with Crippen molar-refractivity contribution in [3.63, 3.8) is 0 Å². The monoisotopic (exact) mass is 318 g/mol. The molecule has 94 valence electrons. The fourth-order valence-corrected chi connectivity index (χ4v) is 1.93. The van der Waals surface area contributed by atoms with E-state index in [1.807, 2.05) is 12.1 Å². The average molecular weight is 319 g/mol. The first kappa shape index (κ1) is 12.0. The lowest BCUT2D eigenvalue weighted by atomic mass is 10.2. The molecule has 0 bridgehead atoms. The van der Waals surface area contributed by atoms with Gasteiger partial charge in [0.25, 0.3) is 0 Å². The molecule has 6 heteroatoms. The van der Waals surface area contributed by atoms with Crippen LogP contribution in [0, 0.1) is 5.82 Å². The van der Waals surface area contributed by atoms with Gasteiger partial charge in [-0.1, -0.05) is 0 Å². The van der Waals surface area contributed by atoms with E-state index in [1.165, 1.54) is 18.5 Å².